The largest absolute Gasteiger partial charge is 0.493 e. The standard InChI is InChI=1S/C26H20Cl3N3O4S/c1-14-3-6-18(12-19(14)28)30-23(33)13-36-24-20(29)9-15(10-21(24)35-2)11-22-25(34)32-26(37-22)31-17-7-4-16(27)5-8-17/h3-12H,13H2,1-2H3,(H,30,33)(H,31,32,34)/b22-11-. The van der Waals surface area contributed by atoms with Gasteiger partial charge in [0.1, 0.15) is 0 Å². The van der Waals surface area contributed by atoms with E-state index in [-0.39, 0.29) is 23.3 Å². The molecule has 11 heteroatoms. The number of methoxy groups -OCH3 is 1. The Balaban J connectivity index is 1.45. The minimum atomic E-state index is -0.393. The second-order valence-corrected chi connectivity index (χ2v) is 10.1. The van der Waals surface area contributed by atoms with Crippen molar-refractivity contribution in [3.05, 3.63) is 85.7 Å². The average molecular weight is 577 g/mol. The first-order valence-electron chi connectivity index (χ1n) is 10.8. The fourth-order valence-corrected chi connectivity index (χ4v) is 4.66. The average Bonchev–Trinajstić information content (AvgIpc) is 3.20. The lowest BCUT2D eigenvalue weighted by Crippen LogP contribution is -2.20. The van der Waals surface area contributed by atoms with Gasteiger partial charge < -0.3 is 20.1 Å². The van der Waals surface area contributed by atoms with E-state index in [0.29, 0.717) is 42.8 Å². The highest BCUT2D eigenvalue weighted by atomic mass is 35.5. The maximum absolute atomic E-state index is 12.5. The highest BCUT2D eigenvalue weighted by Crippen LogP contribution is 2.38. The molecule has 2 N–H and O–H groups in total. The lowest BCUT2D eigenvalue weighted by molar-refractivity contribution is -0.118. The van der Waals surface area contributed by atoms with E-state index in [1.165, 1.54) is 18.9 Å². The van der Waals surface area contributed by atoms with Crippen molar-refractivity contribution >= 4 is 81.0 Å². The molecule has 0 atom stereocenters. The van der Waals surface area contributed by atoms with Gasteiger partial charge in [0.15, 0.2) is 23.3 Å². The number of amidine groups is 1. The van der Waals surface area contributed by atoms with Crippen LogP contribution in [0.25, 0.3) is 6.08 Å². The number of nitrogens with one attached hydrogen (secondary N) is 2. The van der Waals surface area contributed by atoms with Crippen LogP contribution >= 0.6 is 46.6 Å². The maximum Gasteiger partial charge on any atom is 0.264 e. The summed E-state index contributed by atoms with van der Waals surface area (Å²) in [5.41, 5.74) is 2.73. The zero-order valence-electron chi connectivity index (χ0n) is 19.6. The number of aryl methyl sites for hydroxylation is 1. The van der Waals surface area contributed by atoms with Crippen LogP contribution in [0.5, 0.6) is 11.5 Å². The van der Waals surface area contributed by atoms with E-state index in [0.717, 1.165) is 5.56 Å². The van der Waals surface area contributed by atoms with Crippen molar-refractivity contribution in [3.8, 4) is 11.5 Å². The van der Waals surface area contributed by atoms with Crippen LogP contribution in [0.15, 0.2) is 64.5 Å². The number of amides is 2. The van der Waals surface area contributed by atoms with Crippen molar-refractivity contribution in [1.82, 2.24) is 5.32 Å². The maximum atomic E-state index is 12.5. The third kappa shape index (κ3) is 6.99. The van der Waals surface area contributed by atoms with Crippen LogP contribution in [-0.2, 0) is 9.59 Å². The monoisotopic (exact) mass is 575 g/mol. The minimum absolute atomic E-state index is 0.205. The van der Waals surface area contributed by atoms with Gasteiger partial charge >= 0.3 is 0 Å². The van der Waals surface area contributed by atoms with Crippen molar-refractivity contribution in [3.63, 3.8) is 0 Å². The molecule has 4 rings (SSSR count). The lowest BCUT2D eigenvalue weighted by Gasteiger charge is -2.14. The number of hydrogen-bond donors (Lipinski definition) is 2. The molecule has 1 aliphatic heterocycles. The van der Waals surface area contributed by atoms with Gasteiger partial charge in [-0.2, -0.15) is 0 Å². The van der Waals surface area contributed by atoms with Gasteiger partial charge in [-0.1, -0.05) is 40.9 Å². The number of anilines is 1. The summed E-state index contributed by atoms with van der Waals surface area (Å²) >= 11 is 19.6. The summed E-state index contributed by atoms with van der Waals surface area (Å²) in [6.07, 6.45) is 1.66. The summed E-state index contributed by atoms with van der Waals surface area (Å²) in [4.78, 5) is 29.7. The van der Waals surface area contributed by atoms with E-state index in [1.54, 1.807) is 60.7 Å². The fourth-order valence-electron chi connectivity index (χ4n) is 3.23. The van der Waals surface area contributed by atoms with Crippen LogP contribution in [0.4, 0.5) is 11.4 Å². The molecule has 7 nitrogen and oxygen atoms in total. The van der Waals surface area contributed by atoms with Crippen molar-refractivity contribution in [1.29, 1.82) is 0 Å². The van der Waals surface area contributed by atoms with Gasteiger partial charge in [-0.15, -0.1) is 0 Å². The Morgan fingerprint density at radius 1 is 1.08 bits per heavy atom. The summed E-state index contributed by atoms with van der Waals surface area (Å²) < 4.78 is 11.1. The molecule has 3 aromatic carbocycles. The van der Waals surface area contributed by atoms with Crippen molar-refractivity contribution in [2.24, 2.45) is 4.99 Å². The normalized spacial score (nSPS) is 15.1. The fraction of sp³-hybridized carbons (Fsp3) is 0.115. The lowest BCUT2D eigenvalue weighted by atomic mass is 10.2. The van der Waals surface area contributed by atoms with Crippen LogP contribution in [0, 0.1) is 6.92 Å². The first kappa shape index (κ1) is 26.9. The quantitative estimate of drug-likeness (QED) is 0.300. The topological polar surface area (TPSA) is 89.0 Å². The van der Waals surface area contributed by atoms with E-state index >= 15 is 0 Å². The van der Waals surface area contributed by atoms with Crippen LogP contribution < -0.4 is 20.1 Å². The van der Waals surface area contributed by atoms with Crippen LogP contribution in [0.1, 0.15) is 11.1 Å². The number of carbonyl (C=O) groups is 2. The second-order valence-electron chi connectivity index (χ2n) is 7.79. The zero-order chi connectivity index (χ0) is 26.5. The summed E-state index contributed by atoms with van der Waals surface area (Å²) in [7, 11) is 1.46. The van der Waals surface area contributed by atoms with E-state index < -0.39 is 5.91 Å². The smallest absolute Gasteiger partial charge is 0.264 e. The molecular formula is C26H20Cl3N3O4S. The summed E-state index contributed by atoms with van der Waals surface area (Å²) in [6.45, 7) is 1.57. The van der Waals surface area contributed by atoms with Gasteiger partial charge in [-0.25, -0.2) is 4.99 Å². The minimum Gasteiger partial charge on any atom is -0.493 e. The van der Waals surface area contributed by atoms with Crippen molar-refractivity contribution in [2.75, 3.05) is 19.0 Å². The van der Waals surface area contributed by atoms with Crippen LogP contribution in [-0.4, -0.2) is 30.7 Å². The Hall–Kier alpha value is -3.17. The number of halogens is 3. The molecule has 1 heterocycles. The molecule has 0 bridgehead atoms. The summed E-state index contributed by atoms with van der Waals surface area (Å²) in [6, 6.07) is 15.4. The SMILES string of the molecule is COc1cc(/C=C2\SC(=Nc3ccc(Cl)cc3)NC2=O)cc(Cl)c1OCC(=O)Nc1ccc(C)c(Cl)c1. The van der Waals surface area contributed by atoms with Gasteiger partial charge in [0, 0.05) is 15.7 Å². The number of aliphatic imine (C=N–C) groups is 1. The van der Waals surface area contributed by atoms with E-state index in [1.807, 2.05) is 6.92 Å². The molecule has 1 fully saturated rings. The number of hydrogen-bond acceptors (Lipinski definition) is 6. The van der Waals surface area contributed by atoms with Gasteiger partial charge in [-0.3, -0.25) is 9.59 Å². The summed E-state index contributed by atoms with van der Waals surface area (Å²) in [5.74, 6) is -0.169. The first-order chi connectivity index (χ1) is 17.7. The highest BCUT2D eigenvalue weighted by Gasteiger charge is 2.24. The Bertz CT molecular complexity index is 1430. The molecule has 190 valence electrons. The second kappa shape index (κ2) is 11.9. The van der Waals surface area contributed by atoms with E-state index in [9.17, 15) is 9.59 Å². The highest BCUT2D eigenvalue weighted by molar-refractivity contribution is 8.18. The van der Waals surface area contributed by atoms with Crippen LogP contribution in [0.3, 0.4) is 0 Å². The molecule has 1 saturated heterocycles. The molecule has 0 aliphatic carbocycles. The van der Waals surface area contributed by atoms with E-state index in [4.69, 9.17) is 44.3 Å². The molecule has 0 aromatic heterocycles. The van der Waals surface area contributed by atoms with Gasteiger partial charge in [0.05, 0.1) is 22.7 Å². The van der Waals surface area contributed by atoms with Gasteiger partial charge in [0.2, 0.25) is 0 Å². The van der Waals surface area contributed by atoms with Gasteiger partial charge in [-0.05, 0) is 84.4 Å². The predicted molar refractivity (Wildman–Crippen MR) is 151 cm³/mol. The molecule has 3 aromatic rings. The zero-order valence-corrected chi connectivity index (χ0v) is 22.7. The number of carbonyl (C=O) groups excluding carboxylic acids is 2. The molecule has 37 heavy (non-hydrogen) atoms. The molecular weight excluding hydrogens is 557 g/mol. The number of benzene rings is 3. The van der Waals surface area contributed by atoms with Crippen LogP contribution in [0.2, 0.25) is 15.1 Å². The number of ether oxygens (including phenoxy) is 2. The van der Waals surface area contributed by atoms with Crippen molar-refractivity contribution in [2.45, 2.75) is 6.92 Å². The van der Waals surface area contributed by atoms with E-state index in [2.05, 4.69) is 15.6 Å². The molecule has 1 aliphatic rings. The number of rotatable bonds is 7. The van der Waals surface area contributed by atoms with Gasteiger partial charge in [0.25, 0.3) is 11.8 Å². The molecule has 0 unspecified atom stereocenters. The third-order valence-electron chi connectivity index (χ3n) is 5.06. The number of nitrogens with zero attached hydrogens (tertiary/aromatic N) is 1. The third-order valence-corrected chi connectivity index (χ3v) is 6.91. The predicted octanol–water partition coefficient (Wildman–Crippen LogP) is 6.87. The Kier molecular flexibility index (Phi) is 8.66. The molecule has 2 amide bonds. The first-order valence-corrected chi connectivity index (χ1v) is 12.8. The molecule has 0 radical (unpaired) electrons. The Labute approximate surface area is 232 Å². The van der Waals surface area contributed by atoms with Crippen molar-refractivity contribution < 1.29 is 19.1 Å². The Morgan fingerprint density at radius 2 is 1.84 bits per heavy atom. The summed E-state index contributed by atoms with van der Waals surface area (Å²) in [5, 5.41) is 7.26. The Morgan fingerprint density at radius 3 is 2.54 bits per heavy atom. The number of thioether (sulfide) groups is 1. The molecule has 0 saturated carbocycles. The molecule has 0 spiro atoms.